The van der Waals surface area contributed by atoms with Crippen LogP contribution in [0.25, 0.3) is 0 Å². The van der Waals surface area contributed by atoms with Crippen molar-refractivity contribution in [2.24, 2.45) is 5.92 Å². The molecule has 1 unspecified atom stereocenters. The number of thiazole rings is 1. The van der Waals surface area contributed by atoms with Crippen LogP contribution >= 0.6 is 11.3 Å². The van der Waals surface area contributed by atoms with E-state index in [1.807, 2.05) is 6.07 Å². The second-order valence-electron chi connectivity index (χ2n) is 6.09. The Kier molecular flexibility index (Phi) is 4.98. The molecule has 132 valence electrons. The maximum atomic E-state index is 13.6. The molecule has 6 nitrogen and oxygen atoms in total. The highest BCUT2D eigenvalue weighted by molar-refractivity contribution is 7.15. The average Bonchev–Trinajstić information content (AvgIpc) is 3.20. The van der Waals surface area contributed by atoms with Crippen molar-refractivity contribution in [3.05, 3.63) is 46.2 Å². The Morgan fingerprint density at radius 2 is 2.28 bits per heavy atom. The lowest BCUT2D eigenvalue weighted by molar-refractivity contribution is -0.141. The molecule has 0 radical (unpaired) electrons. The van der Waals surface area contributed by atoms with Gasteiger partial charge in [0.15, 0.2) is 5.13 Å². The van der Waals surface area contributed by atoms with Crippen molar-refractivity contribution in [2.45, 2.75) is 19.8 Å². The number of hydrogen-bond acceptors (Lipinski definition) is 4. The molecule has 1 saturated heterocycles. The molecule has 25 heavy (non-hydrogen) atoms. The number of aliphatic carboxylic acids is 1. The van der Waals surface area contributed by atoms with E-state index in [4.69, 9.17) is 5.11 Å². The molecular weight excluding hydrogens is 345 g/mol. The van der Waals surface area contributed by atoms with Crippen molar-refractivity contribution >= 4 is 28.5 Å². The molecule has 1 aromatic heterocycles. The van der Waals surface area contributed by atoms with Gasteiger partial charge in [0.1, 0.15) is 5.82 Å². The predicted molar refractivity (Wildman–Crippen MR) is 92.4 cm³/mol. The summed E-state index contributed by atoms with van der Waals surface area (Å²) in [7, 11) is 0. The Morgan fingerprint density at radius 3 is 2.96 bits per heavy atom. The van der Waals surface area contributed by atoms with E-state index in [9.17, 15) is 14.0 Å². The topological polar surface area (TPSA) is 82.5 Å². The summed E-state index contributed by atoms with van der Waals surface area (Å²) in [6.45, 7) is 2.35. The number of carboxylic acids is 1. The Morgan fingerprint density at radius 1 is 1.48 bits per heavy atom. The zero-order valence-electron chi connectivity index (χ0n) is 13.7. The van der Waals surface area contributed by atoms with E-state index in [-0.39, 0.29) is 18.4 Å². The molecule has 0 spiro atoms. The lowest BCUT2D eigenvalue weighted by Gasteiger charge is -2.15. The Bertz CT molecular complexity index is 808. The minimum absolute atomic E-state index is 0.210. The summed E-state index contributed by atoms with van der Waals surface area (Å²) in [6.07, 6.45) is 2.66. The molecule has 2 N–H and O–H groups in total. The first kappa shape index (κ1) is 17.3. The minimum atomic E-state index is -0.878. The van der Waals surface area contributed by atoms with E-state index >= 15 is 0 Å². The van der Waals surface area contributed by atoms with Crippen molar-refractivity contribution in [3.63, 3.8) is 0 Å². The molecule has 8 heteroatoms. The lowest BCUT2D eigenvalue weighted by atomic mass is 10.1. The fourth-order valence-electron chi connectivity index (χ4n) is 2.71. The monoisotopic (exact) mass is 363 g/mol. The molecule has 0 bridgehead atoms. The maximum Gasteiger partial charge on any atom is 0.323 e. The van der Waals surface area contributed by atoms with E-state index in [1.54, 1.807) is 19.2 Å². The number of anilines is 1. The number of likely N-dealkylation sites (tertiary alicyclic amines) is 1. The van der Waals surface area contributed by atoms with Gasteiger partial charge in [-0.05, 0) is 30.5 Å². The van der Waals surface area contributed by atoms with Gasteiger partial charge in [0.25, 0.3) is 0 Å². The largest absolute Gasteiger partial charge is 0.481 e. The van der Waals surface area contributed by atoms with Crippen molar-refractivity contribution in [1.29, 1.82) is 0 Å². The summed E-state index contributed by atoms with van der Waals surface area (Å²) in [6, 6.07) is 4.77. The third-order valence-electron chi connectivity index (χ3n) is 4.21. The van der Waals surface area contributed by atoms with Crippen molar-refractivity contribution in [1.82, 2.24) is 9.88 Å². The van der Waals surface area contributed by atoms with Gasteiger partial charge in [0.2, 0.25) is 0 Å². The van der Waals surface area contributed by atoms with Gasteiger partial charge in [-0.15, -0.1) is 11.3 Å². The van der Waals surface area contributed by atoms with Gasteiger partial charge >= 0.3 is 12.0 Å². The van der Waals surface area contributed by atoms with Crippen LogP contribution in [0.4, 0.5) is 14.3 Å². The molecule has 2 heterocycles. The number of urea groups is 1. The van der Waals surface area contributed by atoms with E-state index in [1.165, 1.54) is 22.3 Å². The fourth-order valence-corrected chi connectivity index (χ4v) is 3.55. The summed E-state index contributed by atoms with van der Waals surface area (Å²) in [5, 5.41) is 12.1. The standard InChI is InChI=1S/C17H18FN3O3S/c1-10-2-3-11(7-14(10)18)6-13-8-19-16(25-13)20-17(24)21-5-4-12(9-21)15(22)23/h2-3,7-8,12H,4-6,9H2,1H3,(H,22,23)(H,19,20,24). The number of hydrogen-bond donors (Lipinski definition) is 2. The van der Waals surface area contributed by atoms with Crippen LogP contribution in [0.15, 0.2) is 24.4 Å². The number of aryl methyl sites for hydroxylation is 1. The van der Waals surface area contributed by atoms with Gasteiger partial charge in [-0.25, -0.2) is 14.2 Å². The molecule has 1 atom stereocenters. The molecule has 1 aromatic carbocycles. The molecule has 3 rings (SSSR count). The Labute approximate surface area is 148 Å². The van der Waals surface area contributed by atoms with Crippen LogP contribution in [0.3, 0.4) is 0 Å². The third-order valence-corrected chi connectivity index (χ3v) is 5.12. The summed E-state index contributed by atoms with van der Waals surface area (Å²) in [5.74, 6) is -1.62. The number of amides is 2. The quantitative estimate of drug-likeness (QED) is 0.874. The number of benzene rings is 1. The maximum absolute atomic E-state index is 13.6. The van der Waals surface area contributed by atoms with Crippen LogP contribution in [0.1, 0.15) is 22.4 Å². The van der Waals surface area contributed by atoms with E-state index in [0.717, 1.165) is 10.4 Å². The third kappa shape index (κ3) is 4.14. The first-order valence-corrected chi connectivity index (χ1v) is 8.72. The highest BCUT2D eigenvalue weighted by Gasteiger charge is 2.31. The number of nitrogens with one attached hydrogen (secondary N) is 1. The van der Waals surface area contributed by atoms with Crippen LogP contribution < -0.4 is 5.32 Å². The zero-order valence-corrected chi connectivity index (χ0v) is 14.5. The number of nitrogens with zero attached hydrogens (tertiary/aromatic N) is 2. The number of halogens is 1. The summed E-state index contributed by atoms with van der Waals surface area (Å²) < 4.78 is 13.6. The van der Waals surface area contributed by atoms with Crippen LogP contribution in [0, 0.1) is 18.7 Å². The summed E-state index contributed by atoms with van der Waals surface area (Å²) in [4.78, 5) is 29.7. The van der Waals surface area contributed by atoms with Crippen molar-refractivity contribution in [3.8, 4) is 0 Å². The Balaban J connectivity index is 1.59. The first-order chi connectivity index (χ1) is 11.9. The van der Waals surface area contributed by atoms with Gasteiger partial charge in [0.05, 0.1) is 5.92 Å². The van der Waals surface area contributed by atoms with Gasteiger partial charge in [-0.1, -0.05) is 12.1 Å². The minimum Gasteiger partial charge on any atom is -0.481 e. The number of aromatic nitrogens is 1. The number of carboxylic acid groups (broad SMARTS) is 1. The second kappa shape index (κ2) is 7.18. The molecule has 1 fully saturated rings. The second-order valence-corrected chi connectivity index (χ2v) is 7.21. The fraction of sp³-hybridized carbons (Fsp3) is 0.353. The van der Waals surface area contributed by atoms with Crippen LogP contribution in [0.5, 0.6) is 0 Å². The van der Waals surface area contributed by atoms with Gasteiger partial charge in [-0.2, -0.15) is 0 Å². The van der Waals surface area contributed by atoms with Crippen LogP contribution in [-0.2, 0) is 11.2 Å². The van der Waals surface area contributed by atoms with Crippen LogP contribution in [-0.4, -0.2) is 40.1 Å². The van der Waals surface area contributed by atoms with Gasteiger partial charge < -0.3 is 10.0 Å². The molecular formula is C17H18FN3O3S. The molecule has 2 amide bonds. The highest BCUT2D eigenvalue weighted by Crippen LogP contribution is 2.23. The molecule has 2 aromatic rings. The Hall–Kier alpha value is -2.48. The molecule has 0 saturated carbocycles. The van der Waals surface area contributed by atoms with Gasteiger partial charge in [0, 0.05) is 30.6 Å². The highest BCUT2D eigenvalue weighted by atomic mass is 32.1. The van der Waals surface area contributed by atoms with E-state index in [0.29, 0.717) is 30.1 Å². The van der Waals surface area contributed by atoms with E-state index < -0.39 is 11.9 Å². The number of carbonyl (C=O) groups excluding carboxylic acids is 1. The number of carbonyl (C=O) groups is 2. The SMILES string of the molecule is Cc1ccc(Cc2cnc(NC(=O)N3CCC(C(=O)O)C3)s2)cc1F. The van der Waals surface area contributed by atoms with E-state index in [2.05, 4.69) is 10.3 Å². The zero-order chi connectivity index (χ0) is 18.0. The normalized spacial score (nSPS) is 16.9. The van der Waals surface area contributed by atoms with Crippen LogP contribution in [0.2, 0.25) is 0 Å². The smallest absolute Gasteiger partial charge is 0.323 e. The molecule has 1 aliphatic heterocycles. The van der Waals surface area contributed by atoms with Crippen molar-refractivity contribution in [2.75, 3.05) is 18.4 Å². The first-order valence-electron chi connectivity index (χ1n) is 7.91. The molecule has 1 aliphatic rings. The van der Waals surface area contributed by atoms with Crippen molar-refractivity contribution < 1.29 is 19.1 Å². The number of rotatable bonds is 4. The predicted octanol–water partition coefficient (Wildman–Crippen LogP) is 3.12. The molecule has 0 aliphatic carbocycles. The summed E-state index contributed by atoms with van der Waals surface area (Å²) >= 11 is 1.32. The summed E-state index contributed by atoms with van der Waals surface area (Å²) in [5.41, 5.74) is 1.44. The lowest BCUT2D eigenvalue weighted by Crippen LogP contribution is -2.33. The van der Waals surface area contributed by atoms with Gasteiger partial charge in [-0.3, -0.25) is 10.1 Å². The average molecular weight is 363 g/mol.